The average Bonchev–Trinajstić information content (AvgIpc) is 2.72. The van der Waals surface area contributed by atoms with Crippen LogP contribution in [-0.4, -0.2) is 46.2 Å². The van der Waals surface area contributed by atoms with Gasteiger partial charge in [0.2, 0.25) is 5.91 Å². The fourth-order valence-electron chi connectivity index (χ4n) is 1.59. The predicted molar refractivity (Wildman–Crippen MR) is 68.8 cm³/mol. The van der Waals surface area contributed by atoms with Gasteiger partial charge in [-0.05, 0) is 20.3 Å². The molecule has 0 aliphatic rings. The molecule has 1 heterocycles. The first-order valence-electron chi connectivity index (χ1n) is 6.11. The molecule has 0 aromatic carbocycles. The Bertz CT molecular complexity index is 444. The number of carbonyl (C=O) groups excluding carboxylic acids is 1. The fraction of sp³-hybridized carbons (Fsp3) is 0.583. The maximum atomic E-state index is 11.8. The topological polar surface area (TPSA) is 95.7 Å². The van der Waals surface area contributed by atoms with E-state index in [4.69, 9.17) is 9.63 Å². The molecule has 0 spiro atoms. The van der Waals surface area contributed by atoms with Crippen molar-refractivity contribution in [2.24, 2.45) is 0 Å². The van der Waals surface area contributed by atoms with Crippen molar-refractivity contribution in [1.82, 2.24) is 10.1 Å². The van der Waals surface area contributed by atoms with Gasteiger partial charge in [-0.2, -0.15) is 0 Å². The Hall–Kier alpha value is -1.89. The van der Waals surface area contributed by atoms with E-state index in [0.29, 0.717) is 11.6 Å². The van der Waals surface area contributed by atoms with Crippen molar-refractivity contribution in [2.45, 2.75) is 33.2 Å². The van der Waals surface area contributed by atoms with E-state index in [1.807, 2.05) is 13.8 Å². The molecule has 0 fully saturated rings. The van der Waals surface area contributed by atoms with Crippen LogP contribution in [0.25, 0.3) is 0 Å². The smallest absolute Gasteiger partial charge is 0.317 e. The number of rotatable bonds is 7. The van der Waals surface area contributed by atoms with Crippen LogP contribution in [-0.2, 0) is 9.59 Å². The Labute approximate surface area is 111 Å². The summed E-state index contributed by atoms with van der Waals surface area (Å²) in [6, 6.07) is 1.61. The van der Waals surface area contributed by atoms with E-state index in [9.17, 15) is 9.59 Å². The Morgan fingerprint density at radius 1 is 1.53 bits per heavy atom. The Kier molecular flexibility index (Phi) is 5.50. The average molecular weight is 269 g/mol. The number of carboxylic acid groups (broad SMARTS) is 1. The molecule has 0 radical (unpaired) electrons. The first-order chi connectivity index (χ1) is 8.92. The zero-order valence-electron chi connectivity index (χ0n) is 11.3. The second kappa shape index (κ2) is 6.89. The molecule has 0 saturated carbocycles. The van der Waals surface area contributed by atoms with Crippen LogP contribution in [0.15, 0.2) is 10.6 Å². The largest absolute Gasteiger partial charge is 0.480 e. The van der Waals surface area contributed by atoms with Gasteiger partial charge in [0.15, 0.2) is 5.82 Å². The lowest BCUT2D eigenvalue weighted by Gasteiger charge is -2.25. The summed E-state index contributed by atoms with van der Waals surface area (Å²) < 4.78 is 4.83. The molecule has 106 valence electrons. The summed E-state index contributed by atoms with van der Waals surface area (Å²) >= 11 is 0. The van der Waals surface area contributed by atoms with Gasteiger partial charge in [0.1, 0.15) is 5.76 Å². The second-order valence-corrected chi connectivity index (χ2v) is 4.43. The first kappa shape index (κ1) is 15.2. The normalized spacial score (nSPS) is 12.4. The summed E-state index contributed by atoms with van der Waals surface area (Å²) in [4.78, 5) is 24.2. The van der Waals surface area contributed by atoms with Crippen molar-refractivity contribution in [3.05, 3.63) is 11.8 Å². The van der Waals surface area contributed by atoms with Gasteiger partial charge in [-0.1, -0.05) is 12.1 Å². The highest BCUT2D eigenvalue weighted by molar-refractivity contribution is 5.91. The summed E-state index contributed by atoms with van der Waals surface area (Å²) in [5.74, 6) is -0.332. The Balaban J connectivity index is 2.57. The maximum absolute atomic E-state index is 11.8. The predicted octanol–water partition coefficient (Wildman–Crippen LogP) is 1.11. The van der Waals surface area contributed by atoms with E-state index >= 15 is 0 Å². The molecular formula is C12H19N3O4. The maximum Gasteiger partial charge on any atom is 0.317 e. The van der Waals surface area contributed by atoms with Gasteiger partial charge < -0.3 is 14.9 Å². The molecule has 19 heavy (non-hydrogen) atoms. The summed E-state index contributed by atoms with van der Waals surface area (Å²) in [7, 11) is 0. The van der Waals surface area contributed by atoms with E-state index in [-0.39, 0.29) is 25.0 Å². The number of carboxylic acids is 1. The van der Waals surface area contributed by atoms with E-state index < -0.39 is 5.97 Å². The molecule has 0 aliphatic heterocycles. The minimum atomic E-state index is -0.953. The zero-order valence-corrected chi connectivity index (χ0v) is 11.3. The van der Waals surface area contributed by atoms with Gasteiger partial charge in [0.05, 0.1) is 13.1 Å². The molecule has 0 saturated heterocycles. The van der Waals surface area contributed by atoms with Crippen molar-refractivity contribution in [3.63, 3.8) is 0 Å². The number of amides is 1. The lowest BCUT2D eigenvalue weighted by molar-refractivity contribution is -0.139. The molecule has 7 nitrogen and oxygen atoms in total. The monoisotopic (exact) mass is 269 g/mol. The van der Waals surface area contributed by atoms with Crippen LogP contribution in [0.4, 0.5) is 5.82 Å². The van der Waals surface area contributed by atoms with Crippen LogP contribution < -0.4 is 5.32 Å². The van der Waals surface area contributed by atoms with Crippen LogP contribution in [0.3, 0.4) is 0 Å². The van der Waals surface area contributed by atoms with Gasteiger partial charge in [0, 0.05) is 12.1 Å². The number of aryl methyl sites for hydroxylation is 1. The standard InChI is InChI=1S/C12H19N3O4/c1-4-8(2)15(7-12(17)18)6-11(16)13-10-5-9(3)19-14-10/h5,8H,4,6-7H2,1-3H3,(H,17,18)(H,13,14,16). The number of nitrogens with zero attached hydrogens (tertiary/aromatic N) is 2. The lowest BCUT2D eigenvalue weighted by Crippen LogP contribution is -2.42. The molecule has 7 heteroatoms. The minimum Gasteiger partial charge on any atom is -0.480 e. The number of aliphatic carboxylic acids is 1. The molecule has 1 atom stereocenters. The van der Waals surface area contributed by atoms with Crippen LogP contribution >= 0.6 is 0 Å². The molecule has 2 N–H and O–H groups in total. The van der Waals surface area contributed by atoms with Crippen molar-refractivity contribution in [1.29, 1.82) is 0 Å². The van der Waals surface area contributed by atoms with Crippen molar-refractivity contribution in [3.8, 4) is 0 Å². The Morgan fingerprint density at radius 2 is 2.21 bits per heavy atom. The number of hydrogen-bond donors (Lipinski definition) is 2. The number of anilines is 1. The van der Waals surface area contributed by atoms with E-state index in [1.165, 1.54) is 0 Å². The second-order valence-electron chi connectivity index (χ2n) is 4.43. The molecule has 1 amide bonds. The lowest BCUT2D eigenvalue weighted by atomic mass is 10.2. The molecule has 1 unspecified atom stereocenters. The van der Waals surface area contributed by atoms with Crippen molar-refractivity contribution < 1.29 is 19.2 Å². The van der Waals surface area contributed by atoms with Crippen molar-refractivity contribution in [2.75, 3.05) is 18.4 Å². The first-order valence-corrected chi connectivity index (χ1v) is 6.11. The molecular weight excluding hydrogens is 250 g/mol. The van der Waals surface area contributed by atoms with Gasteiger partial charge in [0.25, 0.3) is 0 Å². The fourth-order valence-corrected chi connectivity index (χ4v) is 1.59. The van der Waals surface area contributed by atoms with Gasteiger partial charge in [-0.25, -0.2) is 0 Å². The zero-order chi connectivity index (χ0) is 14.4. The van der Waals surface area contributed by atoms with Gasteiger partial charge >= 0.3 is 5.97 Å². The third kappa shape index (κ3) is 5.09. The van der Waals surface area contributed by atoms with E-state index in [0.717, 1.165) is 6.42 Å². The molecule has 0 bridgehead atoms. The number of carbonyl (C=O) groups is 2. The van der Waals surface area contributed by atoms with Crippen molar-refractivity contribution >= 4 is 17.7 Å². The molecule has 1 rings (SSSR count). The van der Waals surface area contributed by atoms with Gasteiger partial charge in [-0.3, -0.25) is 14.5 Å². The van der Waals surface area contributed by atoms with Gasteiger partial charge in [-0.15, -0.1) is 0 Å². The van der Waals surface area contributed by atoms with Crippen LogP contribution in [0.2, 0.25) is 0 Å². The van der Waals surface area contributed by atoms with Crippen LogP contribution in [0.1, 0.15) is 26.0 Å². The number of nitrogens with one attached hydrogen (secondary N) is 1. The Morgan fingerprint density at radius 3 is 2.68 bits per heavy atom. The van der Waals surface area contributed by atoms with Crippen LogP contribution in [0, 0.1) is 6.92 Å². The summed E-state index contributed by atoms with van der Waals surface area (Å²) in [5, 5.41) is 15.0. The third-order valence-corrected chi connectivity index (χ3v) is 2.79. The highest BCUT2D eigenvalue weighted by Gasteiger charge is 2.19. The summed E-state index contributed by atoms with van der Waals surface area (Å²) in [6.07, 6.45) is 0.767. The summed E-state index contributed by atoms with van der Waals surface area (Å²) in [5.41, 5.74) is 0. The molecule has 1 aromatic heterocycles. The highest BCUT2D eigenvalue weighted by Crippen LogP contribution is 2.08. The number of hydrogen-bond acceptors (Lipinski definition) is 5. The highest BCUT2D eigenvalue weighted by atomic mass is 16.5. The SMILES string of the molecule is CCC(C)N(CC(=O)O)CC(=O)Nc1cc(C)on1. The van der Waals surface area contributed by atoms with E-state index in [1.54, 1.807) is 17.9 Å². The molecule has 1 aromatic rings. The molecule has 0 aliphatic carbocycles. The number of aromatic nitrogens is 1. The third-order valence-electron chi connectivity index (χ3n) is 2.79. The summed E-state index contributed by atoms with van der Waals surface area (Å²) in [6.45, 7) is 5.39. The van der Waals surface area contributed by atoms with Crippen LogP contribution in [0.5, 0.6) is 0 Å². The quantitative estimate of drug-likeness (QED) is 0.769. The minimum absolute atomic E-state index is 0.00716. The van der Waals surface area contributed by atoms with E-state index in [2.05, 4.69) is 10.5 Å².